The van der Waals surface area contributed by atoms with Gasteiger partial charge in [-0.1, -0.05) is 22.9 Å². The maximum absolute atomic E-state index is 5.68. The Labute approximate surface area is 112 Å². The highest BCUT2D eigenvalue weighted by atomic mass is 79.9. The fraction of sp³-hybridized carbons (Fsp3) is 0.273. The first-order chi connectivity index (χ1) is 8.22. The number of halogens is 1. The minimum absolute atomic E-state index is 0.425. The Morgan fingerprint density at radius 1 is 1.47 bits per heavy atom. The third-order valence-corrected chi connectivity index (χ3v) is 3.33. The zero-order valence-electron chi connectivity index (χ0n) is 9.31. The topological polar surface area (TPSA) is 61.0 Å². The molecule has 0 radical (unpaired) electrons. The SMILES string of the molecule is CCc1nsc(Oc2ccc(Br)cc2CN)n1. The van der Waals surface area contributed by atoms with Crippen LogP contribution in [0.5, 0.6) is 10.9 Å². The maximum Gasteiger partial charge on any atom is 0.298 e. The van der Waals surface area contributed by atoms with Gasteiger partial charge in [-0.3, -0.25) is 0 Å². The van der Waals surface area contributed by atoms with E-state index >= 15 is 0 Å². The lowest BCUT2D eigenvalue weighted by molar-refractivity contribution is 0.471. The van der Waals surface area contributed by atoms with Crippen molar-refractivity contribution in [2.24, 2.45) is 5.73 Å². The Morgan fingerprint density at radius 3 is 2.94 bits per heavy atom. The molecule has 0 atom stereocenters. The van der Waals surface area contributed by atoms with Crippen molar-refractivity contribution < 1.29 is 4.74 Å². The van der Waals surface area contributed by atoms with Crippen LogP contribution >= 0.6 is 27.5 Å². The van der Waals surface area contributed by atoms with Crippen LogP contribution in [-0.4, -0.2) is 9.36 Å². The second kappa shape index (κ2) is 5.57. The van der Waals surface area contributed by atoms with Crippen LogP contribution in [0.2, 0.25) is 0 Å². The number of ether oxygens (including phenoxy) is 1. The number of aryl methyl sites for hydroxylation is 1. The predicted molar refractivity (Wildman–Crippen MR) is 71.4 cm³/mol. The minimum Gasteiger partial charge on any atom is -0.430 e. The van der Waals surface area contributed by atoms with Crippen LogP contribution < -0.4 is 10.5 Å². The molecule has 0 saturated heterocycles. The Balaban J connectivity index is 2.23. The quantitative estimate of drug-likeness (QED) is 0.942. The van der Waals surface area contributed by atoms with Crippen LogP contribution in [0.25, 0.3) is 0 Å². The summed E-state index contributed by atoms with van der Waals surface area (Å²) in [6.45, 7) is 2.44. The molecule has 90 valence electrons. The first-order valence-corrected chi connectivity index (χ1v) is 6.78. The van der Waals surface area contributed by atoms with E-state index in [1.54, 1.807) is 0 Å². The summed E-state index contributed by atoms with van der Waals surface area (Å²) in [5.41, 5.74) is 6.61. The second-order valence-corrected chi connectivity index (χ2v) is 5.02. The molecule has 17 heavy (non-hydrogen) atoms. The number of aromatic nitrogens is 2. The van der Waals surface area contributed by atoms with E-state index in [4.69, 9.17) is 10.5 Å². The average Bonchev–Trinajstić information content (AvgIpc) is 2.79. The number of benzene rings is 1. The lowest BCUT2D eigenvalue weighted by atomic mass is 10.2. The fourth-order valence-corrected chi connectivity index (χ4v) is 2.36. The van der Waals surface area contributed by atoms with Crippen molar-refractivity contribution >= 4 is 27.5 Å². The molecule has 1 aromatic carbocycles. The molecule has 0 spiro atoms. The van der Waals surface area contributed by atoms with Crippen molar-refractivity contribution in [1.82, 2.24) is 9.36 Å². The molecule has 2 aromatic rings. The van der Waals surface area contributed by atoms with Crippen LogP contribution in [0, 0.1) is 0 Å². The van der Waals surface area contributed by atoms with E-state index < -0.39 is 0 Å². The molecule has 6 heteroatoms. The van der Waals surface area contributed by atoms with Crippen molar-refractivity contribution in [2.45, 2.75) is 19.9 Å². The summed E-state index contributed by atoms with van der Waals surface area (Å²) in [6, 6.07) is 5.73. The second-order valence-electron chi connectivity index (χ2n) is 3.39. The van der Waals surface area contributed by atoms with Gasteiger partial charge in [-0.25, -0.2) is 0 Å². The van der Waals surface area contributed by atoms with Gasteiger partial charge in [0.2, 0.25) is 0 Å². The molecule has 0 aliphatic carbocycles. The van der Waals surface area contributed by atoms with Crippen LogP contribution in [0.3, 0.4) is 0 Å². The molecular formula is C11H12BrN3OS. The van der Waals surface area contributed by atoms with Crippen molar-refractivity contribution in [3.63, 3.8) is 0 Å². The van der Waals surface area contributed by atoms with E-state index in [9.17, 15) is 0 Å². The summed E-state index contributed by atoms with van der Waals surface area (Å²) in [7, 11) is 0. The summed E-state index contributed by atoms with van der Waals surface area (Å²) >= 11 is 4.66. The van der Waals surface area contributed by atoms with E-state index in [2.05, 4.69) is 25.3 Å². The lowest BCUT2D eigenvalue weighted by Gasteiger charge is -2.07. The first kappa shape index (κ1) is 12.5. The molecule has 0 aliphatic heterocycles. The van der Waals surface area contributed by atoms with Gasteiger partial charge in [-0.2, -0.15) is 9.36 Å². The number of rotatable bonds is 4. The monoisotopic (exact) mass is 313 g/mol. The zero-order chi connectivity index (χ0) is 12.3. The molecular weight excluding hydrogens is 302 g/mol. The molecule has 2 rings (SSSR count). The van der Waals surface area contributed by atoms with Gasteiger partial charge in [-0.15, -0.1) is 0 Å². The first-order valence-electron chi connectivity index (χ1n) is 5.22. The molecule has 0 fully saturated rings. The van der Waals surface area contributed by atoms with E-state index in [-0.39, 0.29) is 0 Å². The largest absolute Gasteiger partial charge is 0.430 e. The Morgan fingerprint density at radius 2 is 2.29 bits per heavy atom. The molecule has 0 aliphatic rings. The van der Waals surface area contributed by atoms with Gasteiger partial charge in [0.25, 0.3) is 5.19 Å². The Kier molecular flexibility index (Phi) is 4.09. The van der Waals surface area contributed by atoms with Crippen LogP contribution in [0.4, 0.5) is 0 Å². The van der Waals surface area contributed by atoms with Crippen LogP contribution in [0.1, 0.15) is 18.3 Å². The standard InChI is InChI=1S/C11H12BrN3OS/c1-2-10-14-11(17-15-10)16-9-4-3-8(12)5-7(9)6-13/h3-5H,2,6,13H2,1H3. The van der Waals surface area contributed by atoms with Gasteiger partial charge >= 0.3 is 0 Å². The molecule has 2 N–H and O–H groups in total. The van der Waals surface area contributed by atoms with Gasteiger partial charge in [0, 0.05) is 34.5 Å². The van der Waals surface area contributed by atoms with Gasteiger partial charge in [0.15, 0.2) is 0 Å². The third-order valence-electron chi connectivity index (χ3n) is 2.21. The zero-order valence-corrected chi connectivity index (χ0v) is 11.7. The molecule has 0 amide bonds. The minimum atomic E-state index is 0.425. The summed E-state index contributed by atoms with van der Waals surface area (Å²) in [5.74, 6) is 1.53. The van der Waals surface area contributed by atoms with Crippen LogP contribution in [0.15, 0.2) is 22.7 Å². The molecule has 4 nitrogen and oxygen atoms in total. The highest BCUT2D eigenvalue weighted by Gasteiger charge is 2.08. The summed E-state index contributed by atoms with van der Waals surface area (Å²) in [4.78, 5) is 4.25. The summed E-state index contributed by atoms with van der Waals surface area (Å²) in [5, 5.41) is 0.555. The average molecular weight is 314 g/mol. The number of hydrogen-bond donors (Lipinski definition) is 1. The normalized spacial score (nSPS) is 10.5. The van der Waals surface area contributed by atoms with E-state index in [0.29, 0.717) is 11.7 Å². The maximum atomic E-state index is 5.68. The molecule has 0 saturated carbocycles. The van der Waals surface area contributed by atoms with Crippen molar-refractivity contribution in [2.75, 3.05) is 0 Å². The van der Waals surface area contributed by atoms with Gasteiger partial charge < -0.3 is 10.5 Å². The Bertz CT molecular complexity index is 515. The van der Waals surface area contributed by atoms with E-state index in [1.807, 2.05) is 25.1 Å². The van der Waals surface area contributed by atoms with Crippen molar-refractivity contribution in [1.29, 1.82) is 0 Å². The third kappa shape index (κ3) is 3.02. The predicted octanol–water partition coefficient (Wildman–Crippen LogP) is 3.11. The van der Waals surface area contributed by atoms with Crippen LogP contribution in [-0.2, 0) is 13.0 Å². The van der Waals surface area contributed by atoms with Crippen molar-refractivity contribution in [3.8, 4) is 10.9 Å². The number of nitrogens with zero attached hydrogens (tertiary/aromatic N) is 2. The summed E-state index contributed by atoms with van der Waals surface area (Å²) in [6.07, 6.45) is 0.809. The molecule has 0 bridgehead atoms. The highest BCUT2D eigenvalue weighted by Crippen LogP contribution is 2.28. The molecule has 1 heterocycles. The smallest absolute Gasteiger partial charge is 0.298 e. The highest BCUT2D eigenvalue weighted by molar-refractivity contribution is 9.10. The molecule has 1 aromatic heterocycles. The number of hydrogen-bond acceptors (Lipinski definition) is 5. The Hall–Kier alpha value is -0.980. The summed E-state index contributed by atoms with van der Waals surface area (Å²) < 4.78 is 10.8. The lowest BCUT2D eigenvalue weighted by Crippen LogP contribution is -1.99. The van der Waals surface area contributed by atoms with Crippen molar-refractivity contribution in [3.05, 3.63) is 34.1 Å². The molecule has 0 unspecified atom stereocenters. The van der Waals surface area contributed by atoms with E-state index in [0.717, 1.165) is 28.0 Å². The van der Waals surface area contributed by atoms with Gasteiger partial charge in [0.05, 0.1) is 0 Å². The number of nitrogens with two attached hydrogens (primary N) is 1. The fourth-order valence-electron chi connectivity index (χ4n) is 1.32. The van der Waals surface area contributed by atoms with Gasteiger partial charge in [0.1, 0.15) is 11.6 Å². The van der Waals surface area contributed by atoms with E-state index in [1.165, 1.54) is 11.5 Å². The van der Waals surface area contributed by atoms with Gasteiger partial charge in [-0.05, 0) is 18.2 Å².